The van der Waals surface area contributed by atoms with Gasteiger partial charge in [0.05, 0.1) is 11.4 Å². The lowest BCUT2D eigenvalue weighted by Crippen LogP contribution is -2.18. The summed E-state index contributed by atoms with van der Waals surface area (Å²) in [4.78, 5) is 0.295. The van der Waals surface area contributed by atoms with Crippen LogP contribution in [0.2, 0.25) is 0 Å². The Balaban J connectivity index is 1.48. The lowest BCUT2D eigenvalue weighted by atomic mass is 10.1. The van der Waals surface area contributed by atoms with E-state index in [1.165, 1.54) is 6.26 Å². The first kappa shape index (κ1) is 21.0. The quantitative estimate of drug-likeness (QED) is 0.462. The third-order valence-corrected chi connectivity index (χ3v) is 6.09. The van der Waals surface area contributed by atoms with E-state index in [2.05, 4.69) is 20.7 Å². The zero-order valence-corrected chi connectivity index (χ0v) is 18.2. The van der Waals surface area contributed by atoms with Crippen LogP contribution in [0.4, 0.5) is 0 Å². The van der Waals surface area contributed by atoms with E-state index >= 15 is 0 Å². The van der Waals surface area contributed by atoms with E-state index in [1.807, 2.05) is 37.3 Å². The molecule has 1 unspecified atom stereocenters. The minimum Gasteiger partial charge on any atom is -0.419 e. The number of nitrogens with one attached hydrogen (secondary N) is 1. The SMILES string of the molecule is Cc1onc(-c2ccccc2)c1-c1nnc(CNC(C)c2ccc(S(C)(=O)=O)cc2)o1. The van der Waals surface area contributed by atoms with E-state index < -0.39 is 9.84 Å². The summed E-state index contributed by atoms with van der Waals surface area (Å²) in [7, 11) is -3.21. The lowest BCUT2D eigenvalue weighted by Gasteiger charge is -2.13. The van der Waals surface area contributed by atoms with Crippen LogP contribution in [0, 0.1) is 6.92 Å². The molecule has 1 atom stereocenters. The molecule has 2 heterocycles. The van der Waals surface area contributed by atoms with Crippen LogP contribution in [-0.2, 0) is 16.4 Å². The van der Waals surface area contributed by atoms with Crippen molar-refractivity contribution in [3.8, 4) is 22.7 Å². The molecule has 160 valence electrons. The molecule has 2 aromatic carbocycles. The average Bonchev–Trinajstić information content (AvgIpc) is 3.38. The van der Waals surface area contributed by atoms with Crippen LogP contribution in [-0.4, -0.2) is 30.0 Å². The fraction of sp³-hybridized carbons (Fsp3) is 0.227. The van der Waals surface area contributed by atoms with Crippen LogP contribution in [0.5, 0.6) is 0 Å². The average molecular weight is 439 g/mol. The van der Waals surface area contributed by atoms with Gasteiger partial charge in [0, 0.05) is 17.9 Å². The summed E-state index contributed by atoms with van der Waals surface area (Å²) in [6, 6.07) is 16.4. The summed E-state index contributed by atoms with van der Waals surface area (Å²) in [6.45, 7) is 4.14. The van der Waals surface area contributed by atoms with Crippen molar-refractivity contribution in [2.24, 2.45) is 0 Å². The third-order valence-electron chi connectivity index (χ3n) is 4.96. The molecule has 0 fully saturated rings. The van der Waals surface area contributed by atoms with Gasteiger partial charge in [-0.15, -0.1) is 10.2 Å². The van der Waals surface area contributed by atoms with Gasteiger partial charge in [0.25, 0.3) is 5.89 Å². The van der Waals surface area contributed by atoms with Gasteiger partial charge in [-0.2, -0.15) is 0 Å². The van der Waals surface area contributed by atoms with Crippen LogP contribution in [0.15, 0.2) is 68.4 Å². The van der Waals surface area contributed by atoms with Gasteiger partial charge in [-0.05, 0) is 31.5 Å². The molecule has 9 heteroatoms. The van der Waals surface area contributed by atoms with Gasteiger partial charge in [0.1, 0.15) is 17.0 Å². The largest absolute Gasteiger partial charge is 0.419 e. The molecule has 1 N–H and O–H groups in total. The molecule has 8 nitrogen and oxygen atoms in total. The Kier molecular flexibility index (Phi) is 5.71. The van der Waals surface area contributed by atoms with Gasteiger partial charge in [0.2, 0.25) is 5.89 Å². The first-order valence-corrected chi connectivity index (χ1v) is 11.6. The standard InChI is InChI=1S/C22H22N4O4S/c1-14(16-9-11-18(12-10-16)31(3,27)28)23-13-19-24-25-22(29-19)20-15(2)30-26-21(20)17-7-5-4-6-8-17/h4-12,14,23H,13H2,1-3H3. The second-order valence-corrected chi connectivity index (χ2v) is 9.29. The number of sulfone groups is 1. The summed E-state index contributed by atoms with van der Waals surface area (Å²) >= 11 is 0. The highest BCUT2D eigenvalue weighted by molar-refractivity contribution is 7.90. The number of hydrogen-bond donors (Lipinski definition) is 1. The van der Waals surface area contributed by atoms with Gasteiger partial charge < -0.3 is 14.3 Å². The fourth-order valence-corrected chi connectivity index (χ4v) is 3.84. The van der Waals surface area contributed by atoms with Gasteiger partial charge in [0.15, 0.2) is 9.84 Å². The van der Waals surface area contributed by atoms with Gasteiger partial charge >= 0.3 is 0 Å². The van der Waals surface area contributed by atoms with Gasteiger partial charge in [-0.3, -0.25) is 0 Å². The molecule has 4 rings (SSSR count). The minimum atomic E-state index is -3.21. The van der Waals surface area contributed by atoms with Gasteiger partial charge in [-0.1, -0.05) is 47.6 Å². The molecule has 31 heavy (non-hydrogen) atoms. The third kappa shape index (κ3) is 4.57. The zero-order valence-electron chi connectivity index (χ0n) is 17.4. The summed E-state index contributed by atoms with van der Waals surface area (Å²) in [5.41, 5.74) is 3.18. The molecule has 4 aromatic rings. The summed E-state index contributed by atoms with van der Waals surface area (Å²) < 4.78 is 34.4. The second-order valence-electron chi connectivity index (χ2n) is 7.27. The molecule has 0 aliphatic rings. The maximum atomic E-state index is 11.6. The minimum absolute atomic E-state index is 0.0406. The smallest absolute Gasteiger partial charge is 0.253 e. The van der Waals surface area contributed by atoms with Crippen molar-refractivity contribution >= 4 is 9.84 Å². The fourth-order valence-electron chi connectivity index (χ4n) is 3.21. The first-order chi connectivity index (χ1) is 14.8. The van der Waals surface area contributed by atoms with E-state index in [9.17, 15) is 8.42 Å². The predicted molar refractivity (Wildman–Crippen MR) is 115 cm³/mol. The Morgan fingerprint density at radius 2 is 1.74 bits per heavy atom. The van der Waals surface area contributed by atoms with Crippen molar-refractivity contribution in [2.45, 2.75) is 31.3 Å². The number of benzene rings is 2. The molecule has 0 aliphatic carbocycles. The van der Waals surface area contributed by atoms with Crippen LogP contribution < -0.4 is 5.32 Å². The predicted octanol–water partition coefficient (Wildman–Crippen LogP) is 3.95. The van der Waals surface area contributed by atoms with Crippen LogP contribution in [0.3, 0.4) is 0 Å². The Morgan fingerprint density at radius 3 is 2.42 bits per heavy atom. The molecule has 0 saturated heterocycles. The van der Waals surface area contributed by atoms with E-state index in [1.54, 1.807) is 31.2 Å². The summed E-state index contributed by atoms with van der Waals surface area (Å²) in [5, 5.41) is 15.8. The number of rotatable bonds is 7. The van der Waals surface area contributed by atoms with Gasteiger partial charge in [-0.25, -0.2) is 8.42 Å². The molecule has 0 radical (unpaired) electrons. The van der Waals surface area contributed by atoms with E-state index in [4.69, 9.17) is 8.94 Å². The topological polar surface area (TPSA) is 111 Å². The molecule has 0 bridgehead atoms. The number of hydrogen-bond acceptors (Lipinski definition) is 8. The van der Waals surface area contributed by atoms with Crippen LogP contribution in [0.25, 0.3) is 22.7 Å². The van der Waals surface area contributed by atoms with Crippen molar-refractivity contribution in [3.05, 3.63) is 71.8 Å². The Labute approximate surface area is 180 Å². The Hall–Kier alpha value is -3.30. The summed E-state index contributed by atoms with van der Waals surface area (Å²) in [5.74, 6) is 1.37. The molecule has 2 aromatic heterocycles. The number of nitrogens with zero attached hydrogens (tertiary/aromatic N) is 3. The highest BCUT2D eigenvalue weighted by Crippen LogP contribution is 2.33. The Morgan fingerprint density at radius 1 is 1.03 bits per heavy atom. The molecule has 0 spiro atoms. The molecular weight excluding hydrogens is 416 g/mol. The van der Waals surface area contributed by atoms with Crippen LogP contribution in [0.1, 0.15) is 30.2 Å². The lowest BCUT2D eigenvalue weighted by molar-refractivity contribution is 0.399. The number of aryl methyl sites for hydroxylation is 1. The maximum Gasteiger partial charge on any atom is 0.253 e. The molecule has 0 aliphatic heterocycles. The van der Waals surface area contributed by atoms with Crippen molar-refractivity contribution < 1.29 is 17.4 Å². The number of aromatic nitrogens is 3. The van der Waals surface area contributed by atoms with Crippen LogP contribution >= 0.6 is 0 Å². The second kappa shape index (κ2) is 8.44. The van der Waals surface area contributed by atoms with Crippen molar-refractivity contribution in [1.82, 2.24) is 20.7 Å². The monoisotopic (exact) mass is 438 g/mol. The Bertz CT molecular complexity index is 1280. The van der Waals surface area contributed by atoms with Crippen molar-refractivity contribution in [1.29, 1.82) is 0 Å². The molecule has 0 saturated carbocycles. The van der Waals surface area contributed by atoms with E-state index in [0.29, 0.717) is 40.2 Å². The molecular formula is C22H22N4O4S. The highest BCUT2D eigenvalue weighted by atomic mass is 32.2. The van der Waals surface area contributed by atoms with Crippen molar-refractivity contribution in [2.75, 3.05) is 6.26 Å². The highest BCUT2D eigenvalue weighted by Gasteiger charge is 2.22. The summed E-state index contributed by atoms with van der Waals surface area (Å²) in [6.07, 6.45) is 1.19. The maximum absolute atomic E-state index is 11.6. The van der Waals surface area contributed by atoms with Crippen molar-refractivity contribution in [3.63, 3.8) is 0 Å². The first-order valence-electron chi connectivity index (χ1n) is 9.71. The van der Waals surface area contributed by atoms with E-state index in [0.717, 1.165) is 11.1 Å². The normalized spacial score (nSPS) is 12.7. The zero-order chi connectivity index (χ0) is 22.0. The molecule has 0 amide bonds. The van der Waals surface area contributed by atoms with E-state index in [-0.39, 0.29) is 6.04 Å².